The second kappa shape index (κ2) is 4.09. The van der Waals surface area contributed by atoms with Gasteiger partial charge in [0.15, 0.2) is 0 Å². The highest BCUT2D eigenvalue weighted by atomic mass is 79.9. The summed E-state index contributed by atoms with van der Waals surface area (Å²) in [5.74, 6) is 0.463. The molecule has 14 heavy (non-hydrogen) atoms. The molecule has 0 aliphatic carbocycles. The van der Waals surface area contributed by atoms with Gasteiger partial charge >= 0.3 is 0 Å². The average molecular weight is 256 g/mol. The number of aliphatic imine (C=N–C) groups is 1. The summed E-state index contributed by atoms with van der Waals surface area (Å²) in [5, 5.41) is 0. The Balaban J connectivity index is 3.07. The zero-order chi connectivity index (χ0) is 10.8. The van der Waals surface area contributed by atoms with Crippen LogP contribution in [0.25, 0.3) is 0 Å². The molecule has 0 unspecified atom stereocenters. The second-order valence-electron chi connectivity index (χ2n) is 4.00. The Kier molecular flexibility index (Phi) is 3.26. The van der Waals surface area contributed by atoms with Crippen molar-refractivity contribution >= 4 is 21.8 Å². The van der Waals surface area contributed by atoms with Gasteiger partial charge in [-0.15, -0.1) is 0 Å². The maximum absolute atomic E-state index is 5.84. The summed E-state index contributed by atoms with van der Waals surface area (Å²) in [6, 6.07) is 3.74. The fraction of sp³-hybridized carbons (Fsp3) is 0.400. The molecule has 4 heteroatoms. The van der Waals surface area contributed by atoms with Gasteiger partial charge in [0.1, 0.15) is 11.5 Å². The highest BCUT2D eigenvalue weighted by Gasteiger charge is 2.11. The maximum atomic E-state index is 5.84. The third kappa shape index (κ3) is 3.10. The molecule has 76 valence electrons. The number of hydrogen-bond acceptors (Lipinski definition) is 2. The van der Waals surface area contributed by atoms with E-state index in [9.17, 15) is 0 Å². The van der Waals surface area contributed by atoms with Gasteiger partial charge < -0.3 is 5.73 Å². The van der Waals surface area contributed by atoms with Crippen LogP contribution in [-0.2, 0) is 0 Å². The minimum Gasteiger partial charge on any atom is -0.382 e. The maximum Gasteiger partial charge on any atom is 0.146 e. The zero-order valence-corrected chi connectivity index (χ0v) is 10.2. The largest absolute Gasteiger partial charge is 0.382 e. The van der Waals surface area contributed by atoms with Crippen molar-refractivity contribution in [2.24, 2.45) is 10.7 Å². The second-order valence-corrected chi connectivity index (χ2v) is 4.86. The zero-order valence-electron chi connectivity index (χ0n) is 8.58. The number of halogens is 1. The summed E-state index contributed by atoms with van der Waals surface area (Å²) in [6.07, 6.45) is 1.70. The van der Waals surface area contributed by atoms with Crippen LogP contribution < -0.4 is 5.73 Å². The molecule has 0 bridgehead atoms. The van der Waals surface area contributed by atoms with E-state index in [2.05, 4.69) is 25.9 Å². The Hall–Kier alpha value is -0.900. The van der Waals surface area contributed by atoms with Crippen LogP contribution in [0.2, 0.25) is 0 Å². The van der Waals surface area contributed by atoms with Gasteiger partial charge in [0.2, 0.25) is 0 Å². The average Bonchev–Trinajstić information content (AvgIpc) is 2.01. The Morgan fingerprint density at radius 3 is 2.64 bits per heavy atom. The summed E-state index contributed by atoms with van der Waals surface area (Å²) < 4.78 is 0.866. The van der Waals surface area contributed by atoms with Crippen molar-refractivity contribution in [2.45, 2.75) is 26.3 Å². The Morgan fingerprint density at radius 1 is 1.50 bits per heavy atom. The van der Waals surface area contributed by atoms with E-state index in [-0.39, 0.29) is 5.54 Å². The van der Waals surface area contributed by atoms with E-state index in [0.29, 0.717) is 11.5 Å². The summed E-state index contributed by atoms with van der Waals surface area (Å²) in [5.41, 5.74) is 6.36. The van der Waals surface area contributed by atoms with E-state index in [1.54, 1.807) is 6.20 Å². The van der Waals surface area contributed by atoms with Crippen molar-refractivity contribution in [1.29, 1.82) is 0 Å². The number of aromatic nitrogens is 1. The lowest BCUT2D eigenvalue weighted by atomic mass is 10.1. The van der Waals surface area contributed by atoms with Crippen molar-refractivity contribution in [3.63, 3.8) is 0 Å². The van der Waals surface area contributed by atoms with Gasteiger partial charge in [-0.3, -0.25) is 9.98 Å². The molecule has 3 nitrogen and oxygen atoms in total. The first-order valence-electron chi connectivity index (χ1n) is 4.36. The van der Waals surface area contributed by atoms with Crippen molar-refractivity contribution in [3.8, 4) is 0 Å². The van der Waals surface area contributed by atoms with Gasteiger partial charge in [0.05, 0.1) is 5.54 Å². The van der Waals surface area contributed by atoms with E-state index in [1.807, 2.05) is 32.9 Å². The molecule has 0 spiro atoms. The Labute approximate surface area is 92.6 Å². The molecule has 0 atom stereocenters. The van der Waals surface area contributed by atoms with Crippen LogP contribution in [0.15, 0.2) is 27.8 Å². The lowest BCUT2D eigenvalue weighted by Gasteiger charge is -2.13. The summed E-state index contributed by atoms with van der Waals surface area (Å²) in [6.45, 7) is 5.99. The van der Waals surface area contributed by atoms with Crippen LogP contribution in [0.4, 0.5) is 0 Å². The van der Waals surface area contributed by atoms with Gasteiger partial charge in [0, 0.05) is 10.7 Å². The molecule has 0 fully saturated rings. The first-order chi connectivity index (χ1) is 6.40. The number of hydrogen-bond donors (Lipinski definition) is 1. The highest BCUT2D eigenvalue weighted by molar-refractivity contribution is 9.10. The minimum atomic E-state index is -0.180. The number of amidine groups is 1. The number of pyridine rings is 1. The van der Waals surface area contributed by atoms with Crippen molar-refractivity contribution in [1.82, 2.24) is 4.98 Å². The highest BCUT2D eigenvalue weighted by Crippen LogP contribution is 2.15. The van der Waals surface area contributed by atoms with Crippen molar-refractivity contribution in [2.75, 3.05) is 0 Å². The molecule has 0 radical (unpaired) electrons. The molecule has 1 heterocycles. The third-order valence-corrected chi connectivity index (χ3v) is 2.10. The topological polar surface area (TPSA) is 51.3 Å². The van der Waals surface area contributed by atoms with Gasteiger partial charge in [-0.1, -0.05) is 0 Å². The third-order valence-electron chi connectivity index (χ3n) is 1.46. The van der Waals surface area contributed by atoms with E-state index in [1.165, 1.54) is 0 Å². The van der Waals surface area contributed by atoms with Crippen LogP contribution in [-0.4, -0.2) is 16.4 Å². The predicted octanol–water partition coefficient (Wildman–Crippen LogP) is 2.35. The van der Waals surface area contributed by atoms with Crippen LogP contribution in [0, 0.1) is 0 Å². The smallest absolute Gasteiger partial charge is 0.146 e. The monoisotopic (exact) mass is 255 g/mol. The molecule has 0 aliphatic rings. The summed E-state index contributed by atoms with van der Waals surface area (Å²) in [4.78, 5) is 8.50. The van der Waals surface area contributed by atoms with E-state index in [4.69, 9.17) is 5.73 Å². The Morgan fingerprint density at radius 2 is 2.14 bits per heavy atom. The molecule has 0 aromatic carbocycles. The van der Waals surface area contributed by atoms with Crippen molar-refractivity contribution in [3.05, 3.63) is 28.5 Å². The number of nitrogens with zero attached hydrogens (tertiary/aromatic N) is 2. The summed E-state index contributed by atoms with van der Waals surface area (Å²) >= 11 is 3.38. The standard InChI is InChI=1S/C10H14BrN3/c1-10(2,3)14-9(12)8-7(11)5-4-6-13-8/h4-6H,1-3H3,(H2,12,14). The van der Waals surface area contributed by atoms with E-state index >= 15 is 0 Å². The minimum absolute atomic E-state index is 0.180. The van der Waals surface area contributed by atoms with Crippen molar-refractivity contribution < 1.29 is 0 Å². The first kappa shape index (κ1) is 11.2. The molecule has 0 saturated heterocycles. The predicted molar refractivity (Wildman–Crippen MR) is 62.4 cm³/mol. The van der Waals surface area contributed by atoms with Gasteiger partial charge in [-0.05, 0) is 48.8 Å². The number of rotatable bonds is 1. The molecule has 0 aliphatic heterocycles. The number of nitrogens with two attached hydrogens (primary N) is 1. The van der Waals surface area contributed by atoms with Gasteiger partial charge in [0.25, 0.3) is 0 Å². The molecule has 0 amide bonds. The Bertz CT molecular complexity index is 353. The van der Waals surface area contributed by atoms with E-state index in [0.717, 1.165) is 4.47 Å². The normalized spacial score (nSPS) is 13.0. The quantitative estimate of drug-likeness (QED) is 0.619. The van der Waals surface area contributed by atoms with Crippen LogP contribution in [0.5, 0.6) is 0 Å². The van der Waals surface area contributed by atoms with Gasteiger partial charge in [-0.2, -0.15) is 0 Å². The molecule has 0 saturated carbocycles. The first-order valence-corrected chi connectivity index (χ1v) is 5.16. The molecular formula is C10H14BrN3. The molecule has 1 rings (SSSR count). The van der Waals surface area contributed by atoms with Gasteiger partial charge in [-0.25, -0.2) is 0 Å². The SMILES string of the molecule is CC(C)(C)N=C(N)c1ncccc1Br. The fourth-order valence-electron chi connectivity index (χ4n) is 0.988. The lowest BCUT2D eigenvalue weighted by molar-refractivity contribution is 0.583. The van der Waals surface area contributed by atoms with Crippen LogP contribution >= 0.6 is 15.9 Å². The lowest BCUT2D eigenvalue weighted by Crippen LogP contribution is -2.22. The van der Waals surface area contributed by atoms with Crippen LogP contribution in [0.1, 0.15) is 26.5 Å². The fourth-order valence-corrected chi connectivity index (χ4v) is 1.45. The summed E-state index contributed by atoms with van der Waals surface area (Å²) in [7, 11) is 0. The van der Waals surface area contributed by atoms with Crippen LogP contribution in [0.3, 0.4) is 0 Å². The molecule has 1 aromatic heterocycles. The molecular weight excluding hydrogens is 242 g/mol. The molecule has 1 aromatic rings. The van der Waals surface area contributed by atoms with E-state index < -0.39 is 0 Å². The molecule has 2 N–H and O–H groups in total.